The number of carbonyl (C=O) groups is 1. The van der Waals surface area contributed by atoms with Crippen molar-refractivity contribution in [1.29, 1.82) is 0 Å². The molecule has 0 saturated carbocycles. The van der Waals surface area contributed by atoms with Crippen LogP contribution in [0.2, 0.25) is 0 Å². The van der Waals surface area contributed by atoms with E-state index < -0.39 is 6.04 Å². The molecule has 1 unspecified atom stereocenters. The van der Waals surface area contributed by atoms with Gasteiger partial charge in [0, 0.05) is 5.56 Å². The maximum atomic E-state index is 12.2. The van der Waals surface area contributed by atoms with Crippen LogP contribution < -0.4 is 20.5 Å². The van der Waals surface area contributed by atoms with Gasteiger partial charge in [0.25, 0.3) is 0 Å². The smallest absolute Gasteiger partial charge is 0.237 e. The summed E-state index contributed by atoms with van der Waals surface area (Å²) in [6.07, 6.45) is 0. The first-order valence-electron chi connectivity index (χ1n) is 6.98. The first kappa shape index (κ1) is 17.3. The number of rotatable bonds is 5. The van der Waals surface area contributed by atoms with Gasteiger partial charge in [-0.05, 0) is 30.5 Å². The molecule has 5 nitrogen and oxygen atoms in total. The third-order valence-corrected chi connectivity index (χ3v) is 3.48. The SMILES string of the molecule is COc1ccc(OC)c(C(C)NC(=O)[C@@H](N)C(C)(C)C)c1. The minimum atomic E-state index is -0.573. The highest BCUT2D eigenvalue weighted by atomic mass is 16.5. The van der Waals surface area contributed by atoms with E-state index in [1.54, 1.807) is 14.2 Å². The van der Waals surface area contributed by atoms with Crippen LogP contribution >= 0.6 is 0 Å². The van der Waals surface area contributed by atoms with Gasteiger partial charge in [0.05, 0.1) is 26.3 Å². The van der Waals surface area contributed by atoms with Crippen molar-refractivity contribution < 1.29 is 14.3 Å². The topological polar surface area (TPSA) is 73.6 Å². The highest BCUT2D eigenvalue weighted by molar-refractivity contribution is 5.82. The Morgan fingerprint density at radius 3 is 2.33 bits per heavy atom. The molecular formula is C16H26N2O3. The highest BCUT2D eigenvalue weighted by Crippen LogP contribution is 2.29. The van der Waals surface area contributed by atoms with Gasteiger partial charge in [-0.25, -0.2) is 0 Å². The number of nitrogens with two attached hydrogens (primary N) is 1. The second-order valence-electron chi connectivity index (χ2n) is 6.18. The number of benzene rings is 1. The van der Waals surface area contributed by atoms with Gasteiger partial charge in [0.2, 0.25) is 5.91 Å². The summed E-state index contributed by atoms with van der Waals surface area (Å²) in [6, 6.07) is 4.69. The summed E-state index contributed by atoms with van der Waals surface area (Å²) in [4.78, 5) is 12.2. The lowest BCUT2D eigenvalue weighted by molar-refractivity contribution is -0.125. The molecule has 21 heavy (non-hydrogen) atoms. The molecule has 0 aliphatic heterocycles. The molecule has 0 bridgehead atoms. The van der Waals surface area contributed by atoms with Crippen LogP contribution in [-0.4, -0.2) is 26.2 Å². The Morgan fingerprint density at radius 1 is 1.24 bits per heavy atom. The Bertz CT molecular complexity index is 495. The van der Waals surface area contributed by atoms with Gasteiger partial charge < -0.3 is 20.5 Å². The second kappa shape index (κ2) is 6.80. The molecule has 0 heterocycles. The maximum absolute atomic E-state index is 12.2. The highest BCUT2D eigenvalue weighted by Gasteiger charge is 2.28. The van der Waals surface area contributed by atoms with E-state index in [9.17, 15) is 4.79 Å². The molecule has 0 aromatic heterocycles. The zero-order valence-corrected chi connectivity index (χ0v) is 13.7. The number of carbonyl (C=O) groups excluding carboxylic acids is 1. The van der Waals surface area contributed by atoms with Crippen LogP contribution in [-0.2, 0) is 4.79 Å². The number of nitrogens with one attached hydrogen (secondary N) is 1. The van der Waals surface area contributed by atoms with Gasteiger partial charge in [0.1, 0.15) is 11.5 Å². The van der Waals surface area contributed by atoms with E-state index in [-0.39, 0.29) is 17.4 Å². The molecule has 1 aromatic rings. The average molecular weight is 294 g/mol. The molecule has 118 valence electrons. The number of ether oxygens (including phenoxy) is 2. The van der Waals surface area contributed by atoms with Gasteiger partial charge >= 0.3 is 0 Å². The van der Waals surface area contributed by atoms with Crippen molar-refractivity contribution in [3.8, 4) is 11.5 Å². The van der Waals surface area contributed by atoms with Gasteiger partial charge in [-0.2, -0.15) is 0 Å². The lowest BCUT2D eigenvalue weighted by atomic mass is 9.86. The van der Waals surface area contributed by atoms with Crippen LogP contribution in [0.3, 0.4) is 0 Å². The molecule has 1 aromatic carbocycles. The van der Waals surface area contributed by atoms with E-state index in [2.05, 4.69) is 5.32 Å². The van der Waals surface area contributed by atoms with E-state index >= 15 is 0 Å². The first-order valence-corrected chi connectivity index (χ1v) is 6.98. The number of hydrogen-bond acceptors (Lipinski definition) is 4. The molecule has 0 aliphatic carbocycles. The summed E-state index contributed by atoms with van der Waals surface area (Å²) >= 11 is 0. The van der Waals surface area contributed by atoms with Gasteiger partial charge in [-0.1, -0.05) is 20.8 Å². The van der Waals surface area contributed by atoms with E-state index in [1.165, 1.54) is 0 Å². The predicted molar refractivity (Wildman–Crippen MR) is 83.5 cm³/mol. The molecule has 0 aliphatic rings. The van der Waals surface area contributed by atoms with E-state index in [0.29, 0.717) is 11.5 Å². The van der Waals surface area contributed by atoms with E-state index in [1.807, 2.05) is 45.9 Å². The van der Waals surface area contributed by atoms with Crippen molar-refractivity contribution in [2.75, 3.05) is 14.2 Å². The molecule has 1 rings (SSSR count). The third-order valence-electron chi connectivity index (χ3n) is 3.48. The Hall–Kier alpha value is -1.75. The summed E-state index contributed by atoms with van der Waals surface area (Å²) in [5, 5.41) is 2.93. The largest absolute Gasteiger partial charge is 0.497 e. The molecule has 0 saturated heterocycles. The fourth-order valence-electron chi connectivity index (χ4n) is 1.95. The standard InChI is InChI=1S/C16H26N2O3/c1-10(18-15(19)14(17)16(2,3)4)12-9-11(20-5)7-8-13(12)21-6/h7-10,14H,17H2,1-6H3,(H,18,19)/t10?,14-/m1/s1. The molecule has 0 spiro atoms. The molecule has 3 N–H and O–H groups in total. The molecule has 2 atom stereocenters. The maximum Gasteiger partial charge on any atom is 0.237 e. The quantitative estimate of drug-likeness (QED) is 0.873. The lowest BCUT2D eigenvalue weighted by Crippen LogP contribution is -2.49. The fourth-order valence-corrected chi connectivity index (χ4v) is 1.95. The minimum Gasteiger partial charge on any atom is -0.497 e. The first-order chi connectivity index (χ1) is 9.70. The summed E-state index contributed by atoms with van der Waals surface area (Å²) in [6.45, 7) is 7.71. The Kier molecular flexibility index (Phi) is 5.61. The van der Waals surface area contributed by atoms with Gasteiger partial charge in [0.15, 0.2) is 0 Å². The zero-order valence-electron chi connectivity index (χ0n) is 13.7. The van der Waals surface area contributed by atoms with Crippen LogP contribution in [0.1, 0.15) is 39.3 Å². The van der Waals surface area contributed by atoms with Crippen LogP contribution in [0.5, 0.6) is 11.5 Å². The molecule has 0 radical (unpaired) electrons. The number of amides is 1. The van der Waals surface area contributed by atoms with Crippen molar-refractivity contribution >= 4 is 5.91 Å². The minimum absolute atomic E-state index is 0.181. The van der Waals surface area contributed by atoms with Crippen molar-refractivity contribution in [2.24, 2.45) is 11.1 Å². The summed E-state index contributed by atoms with van der Waals surface area (Å²) < 4.78 is 10.6. The Morgan fingerprint density at radius 2 is 1.86 bits per heavy atom. The zero-order chi connectivity index (χ0) is 16.2. The van der Waals surface area contributed by atoms with Crippen molar-refractivity contribution in [1.82, 2.24) is 5.32 Å². The van der Waals surface area contributed by atoms with Crippen molar-refractivity contribution in [2.45, 2.75) is 39.8 Å². The third kappa shape index (κ3) is 4.36. The number of methoxy groups -OCH3 is 2. The summed E-state index contributed by atoms with van der Waals surface area (Å²) in [7, 11) is 3.20. The molecular weight excluding hydrogens is 268 g/mol. The molecule has 5 heteroatoms. The van der Waals surface area contributed by atoms with Crippen LogP contribution in [0, 0.1) is 5.41 Å². The van der Waals surface area contributed by atoms with Crippen molar-refractivity contribution in [3.63, 3.8) is 0 Å². The Labute approximate surface area is 126 Å². The Balaban J connectivity index is 2.93. The summed E-state index contributed by atoms with van der Waals surface area (Å²) in [5.41, 5.74) is 6.54. The molecule has 1 amide bonds. The van der Waals surface area contributed by atoms with Crippen molar-refractivity contribution in [3.05, 3.63) is 23.8 Å². The predicted octanol–water partition coefficient (Wildman–Crippen LogP) is 2.25. The van der Waals surface area contributed by atoms with Crippen LogP contribution in [0.4, 0.5) is 0 Å². The summed E-state index contributed by atoms with van der Waals surface area (Å²) in [5.74, 6) is 1.24. The molecule has 0 fully saturated rings. The van der Waals surface area contributed by atoms with Gasteiger partial charge in [-0.15, -0.1) is 0 Å². The second-order valence-corrected chi connectivity index (χ2v) is 6.18. The van der Waals surface area contributed by atoms with E-state index in [4.69, 9.17) is 15.2 Å². The normalized spacial score (nSPS) is 14.2. The van der Waals surface area contributed by atoms with E-state index in [0.717, 1.165) is 5.56 Å². The van der Waals surface area contributed by atoms with Gasteiger partial charge in [-0.3, -0.25) is 4.79 Å². The van der Waals surface area contributed by atoms with Crippen LogP contribution in [0.15, 0.2) is 18.2 Å². The fraction of sp³-hybridized carbons (Fsp3) is 0.562. The number of hydrogen-bond donors (Lipinski definition) is 2. The lowest BCUT2D eigenvalue weighted by Gasteiger charge is -2.28. The monoisotopic (exact) mass is 294 g/mol. The van der Waals surface area contributed by atoms with Crippen LogP contribution in [0.25, 0.3) is 0 Å². The average Bonchev–Trinajstić information content (AvgIpc) is 2.44.